The number of hydrogen-bond donors (Lipinski definition) is 1. The molecule has 0 unspecified atom stereocenters. The van der Waals surface area contributed by atoms with Crippen LogP contribution in [0.25, 0.3) is 11.3 Å². The summed E-state index contributed by atoms with van der Waals surface area (Å²) >= 11 is 0. The van der Waals surface area contributed by atoms with Crippen molar-refractivity contribution in [3.05, 3.63) is 71.9 Å². The maximum absolute atomic E-state index is 12.8. The predicted molar refractivity (Wildman–Crippen MR) is 133 cm³/mol. The lowest BCUT2D eigenvalue weighted by molar-refractivity contribution is -0.140. The van der Waals surface area contributed by atoms with Crippen LogP contribution in [-0.2, 0) is 26.4 Å². The number of likely N-dealkylation sites (N-methyl/N-ethyl adjacent to an activating group) is 1. The predicted octanol–water partition coefficient (Wildman–Crippen LogP) is 2.46. The van der Waals surface area contributed by atoms with Gasteiger partial charge in [0.2, 0.25) is 0 Å². The number of ether oxygens (including phenoxy) is 1. The molecule has 1 N–H and O–H groups in total. The Morgan fingerprint density at radius 3 is 2.37 bits per heavy atom. The van der Waals surface area contributed by atoms with E-state index < -0.39 is 21.6 Å². The second kappa shape index (κ2) is 11.3. The highest BCUT2D eigenvalue weighted by molar-refractivity contribution is 7.92. The average Bonchev–Trinajstić information content (AvgIpc) is 3.21. The van der Waals surface area contributed by atoms with Crippen molar-refractivity contribution in [2.75, 3.05) is 33.0 Å². The van der Waals surface area contributed by atoms with Crippen molar-refractivity contribution >= 4 is 21.7 Å². The zero-order chi connectivity index (χ0) is 25.6. The Kier molecular flexibility index (Phi) is 8.42. The first kappa shape index (κ1) is 26.1. The molecule has 9 nitrogen and oxygen atoms in total. The number of hydrogen-bond acceptors (Lipinski definition) is 7. The van der Waals surface area contributed by atoms with Gasteiger partial charge in [-0.1, -0.05) is 42.5 Å². The lowest BCUT2D eigenvalue weighted by atomic mass is 10.1. The highest BCUT2D eigenvalue weighted by Gasteiger charge is 2.22. The van der Waals surface area contributed by atoms with Crippen LogP contribution >= 0.6 is 0 Å². The van der Waals surface area contributed by atoms with Gasteiger partial charge in [-0.05, 0) is 44.8 Å². The van der Waals surface area contributed by atoms with Gasteiger partial charge >= 0.3 is 5.97 Å². The summed E-state index contributed by atoms with van der Waals surface area (Å²) in [5, 5.41) is 7.33. The van der Waals surface area contributed by atoms with Crippen molar-refractivity contribution < 1.29 is 22.7 Å². The van der Waals surface area contributed by atoms with E-state index in [9.17, 15) is 18.0 Å². The van der Waals surface area contributed by atoms with Crippen molar-refractivity contribution in [3.8, 4) is 11.3 Å². The standard InChI is InChI=1S/C25H30N4O5S/c1-18(26-25(31)23-16-22(27-29(23)4)20-8-6-5-7-9-20)19-10-12-21(13-11-19)35(32,33)17-24(30)34-15-14-28(2)3/h5-13,16,18H,14-15,17H2,1-4H3,(H,26,31)/t18-/m1/s1. The molecular formula is C25H30N4O5S. The number of carbonyl (C=O) groups excluding carboxylic acids is 2. The lowest BCUT2D eigenvalue weighted by Crippen LogP contribution is -2.28. The largest absolute Gasteiger partial charge is 0.464 e. The van der Waals surface area contributed by atoms with Gasteiger partial charge in [0.1, 0.15) is 12.3 Å². The molecule has 1 aromatic heterocycles. The summed E-state index contributed by atoms with van der Waals surface area (Å²) in [6.45, 7) is 2.44. The fourth-order valence-electron chi connectivity index (χ4n) is 3.37. The van der Waals surface area contributed by atoms with E-state index in [1.54, 1.807) is 32.2 Å². The van der Waals surface area contributed by atoms with Crippen LogP contribution in [-0.4, -0.2) is 68.0 Å². The van der Waals surface area contributed by atoms with Crippen LogP contribution in [0, 0.1) is 0 Å². The SMILES string of the molecule is C[C@@H](NC(=O)c1cc(-c2ccccc2)nn1C)c1ccc(S(=O)(=O)CC(=O)OCCN(C)C)cc1. The van der Waals surface area contributed by atoms with Crippen LogP contribution in [0.4, 0.5) is 0 Å². The molecule has 2 aromatic carbocycles. The molecule has 0 spiro atoms. The first-order valence-corrected chi connectivity index (χ1v) is 12.8. The number of nitrogens with one attached hydrogen (secondary N) is 1. The highest BCUT2D eigenvalue weighted by Crippen LogP contribution is 2.20. The monoisotopic (exact) mass is 498 g/mol. The minimum Gasteiger partial charge on any atom is -0.464 e. The summed E-state index contributed by atoms with van der Waals surface area (Å²) in [7, 11) is 1.53. The van der Waals surface area contributed by atoms with Crippen LogP contribution < -0.4 is 5.32 Å². The highest BCUT2D eigenvalue weighted by atomic mass is 32.2. The van der Waals surface area contributed by atoms with E-state index in [1.807, 2.05) is 49.3 Å². The first-order valence-electron chi connectivity index (χ1n) is 11.1. The number of aryl methyl sites for hydroxylation is 1. The minimum atomic E-state index is -3.84. The summed E-state index contributed by atoms with van der Waals surface area (Å²) in [4.78, 5) is 26.6. The Hall–Kier alpha value is -3.50. The molecule has 1 atom stereocenters. The second-order valence-electron chi connectivity index (χ2n) is 8.45. The van der Waals surface area contributed by atoms with Gasteiger partial charge in [-0.15, -0.1) is 0 Å². The van der Waals surface area contributed by atoms with Gasteiger partial charge in [0.25, 0.3) is 5.91 Å². The summed E-state index contributed by atoms with van der Waals surface area (Å²) in [6, 6.07) is 17.0. The fourth-order valence-corrected chi connectivity index (χ4v) is 4.48. The van der Waals surface area contributed by atoms with Gasteiger partial charge in [0, 0.05) is 19.2 Å². The third-order valence-corrected chi connectivity index (χ3v) is 6.98. The van der Waals surface area contributed by atoms with E-state index in [-0.39, 0.29) is 23.5 Å². The molecule has 0 fully saturated rings. The van der Waals surface area contributed by atoms with Crippen LogP contribution in [0.3, 0.4) is 0 Å². The molecular weight excluding hydrogens is 468 g/mol. The van der Waals surface area contributed by atoms with Crippen molar-refractivity contribution in [1.29, 1.82) is 0 Å². The van der Waals surface area contributed by atoms with E-state index in [4.69, 9.17) is 4.74 Å². The Balaban J connectivity index is 1.63. The molecule has 10 heteroatoms. The molecule has 3 aromatic rings. The zero-order valence-electron chi connectivity index (χ0n) is 20.3. The van der Waals surface area contributed by atoms with Crippen LogP contribution in [0.2, 0.25) is 0 Å². The number of carbonyl (C=O) groups is 2. The van der Waals surface area contributed by atoms with Crippen LogP contribution in [0.5, 0.6) is 0 Å². The van der Waals surface area contributed by atoms with Gasteiger partial charge in [-0.2, -0.15) is 5.10 Å². The van der Waals surface area contributed by atoms with E-state index in [2.05, 4.69) is 10.4 Å². The lowest BCUT2D eigenvalue weighted by Gasteiger charge is -2.15. The van der Waals surface area contributed by atoms with Gasteiger partial charge in [-0.3, -0.25) is 14.3 Å². The smallest absolute Gasteiger partial charge is 0.321 e. The Morgan fingerprint density at radius 1 is 1.09 bits per heavy atom. The molecule has 186 valence electrons. The number of amides is 1. The molecule has 0 bridgehead atoms. The topological polar surface area (TPSA) is 111 Å². The number of aromatic nitrogens is 2. The van der Waals surface area contributed by atoms with E-state index in [1.165, 1.54) is 16.8 Å². The number of rotatable bonds is 10. The summed E-state index contributed by atoms with van der Waals surface area (Å²) < 4.78 is 31.6. The van der Waals surface area contributed by atoms with E-state index in [0.29, 0.717) is 17.9 Å². The molecule has 3 rings (SSSR count). The third-order valence-electron chi connectivity index (χ3n) is 5.38. The summed E-state index contributed by atoms with van der Waals surface area (Å²) in [5.41, 5.74) is 2.73. The van der Waals surface area contributed by atoms with Crippen LogP contribution in [0.1, 0.15) is 29.0 Å². The number of esters is 1. The Morgan fingerprint density at radius 2 is 1.74 bits per heavy atom. The molecule has 0 aliphatic rings. The van der Waals surface area contributed by atoms with Crippen LogP contribution in [0.15, 0.2) is 65.6 Å². The van der Waals surface area contributed by atoms with E-state index in [0.717, 1.165) is 11.1 Å². The van der Waals surface area contributed by atoms with Gasteiger partial charge in [0.05, 0.1) is 16.6 Å². The molecule has 1 amide bonds. The van der Waals surface area contributed by atoms with Crippen molar-refractivity contribution in [1.82, 2.24) is 20.0 Å². The number of nitrogens with zero attached hydrogens (tertiary/aromatic N) is 3. The van der Waals surface area contributed by atoms with Gasteiger partial charge < -0.3 is 15.0 Å². The molecule has 0 radical (unpaired) electrons. The zero-order valence-corrected chi connectivity index (χ0v) is 21.1. The fraction of sp³-hybridized carbons (Fsp3) is 0.320. The third kappa shape index (κ3) is 7.00. The number of benzene rings is 2. The second-order valence-corrected chi connectivity index (χ2v) is 10.4. The summed E-state index contributed by atoms with van der Waals surface area (Å²) in [6.07, 6.45) is 0. The van der Waals surface area contributed by atoms with Gasteiger partial charge in [-0.25, -0.2) is 8.42 Å². The maximum Gasteiger partial charge on any atom is 0.321 e. The molecule has 0 saturated heterocycles. The molecule has 0 aliphatic carbocycles. The Labute approximate surface area is 205 Å². The molecule has 0 aliphatic heterocycles. The normalized spacial score (nSPS) is 12.4. The quantitative estimate of drug-likeness (QED) is 0.428. The van der Waals surface area contributed by atoms with E-state index >= 15 is 0 Å². The maximum atomic E-state index is 12.8. The van der Waals surface area contributed by atoms with Crippen molar-refractivity contribution in [2.45, 2.75) is 17.9 Å². The summed E-state index contributed by atoms with van der Waals surface area (Å²) in [5.74, 6) is -1.81. The average molecular weight is 499 g/mol. The minimum absolute atomic E-state index is 0.0171. The Bertz CT molecular complexity index is 1270. The first-order chi connectivity index (χ1) is 16.6. The van der Waals surface area contributed by atoms with Crippen molar-refractivity contribution in [2.24, 2.45) is 7.05 Å². The molecule has 0 saturated carbocycles. The molecule has 1 heterocycles. The molecule has 35 heavy (non-hydrogen) atoms. The van der Waals surface area contributed by atoms with Crippen molar-refractivity contribution in [3.63, 3.8) is 0 Å². The number of sulfone groups is 1. The van der Waals surface area contributed by atoms with Gasteiger partial charge in [0.15, 0.2) is 15.6 Å².